The Balaban J connectivity index is 1.50. The van der Waals surface area contributed by atoms with Gasteiger partial charge in [0.05, 0.1) is 22.6 Å². The molecule has 1 aliphatic heterocycles. The minimum absolute atomic E-state index is 0.0315. The van der Waals surface area contributed by atoms with Crippen molar-refractivity contribution < 1.29 is 22.4 Å². The van der Waals surface area contributed by atoms with Gasteiger partial charge in [-0.3, -0.25) is 19.2 Å². The van der Waals surface area contributed by atoms with E-state index in [2.05, 4.69) is 14.9 Å². The molecule has 0 fully saturated rings. The van der Waals surface area contributed by atoms with Gasteiger partial charge in [-0.1, -0.05) is 23.5 Å². The fraction of sp³-hybridized carbons (Fsp3) is 0.0588. The van der Waals surface area contributed by atoms with Gasteiger partial charge in [0.15, 0.2) is 0 Å². The number of carbonyl (C=O) groups excluding carboxylic acids is 2. The van der Waals surface area contributed by atoms with E-state index >= 15 is 0 Å². The lowest BCUT2D eigenvalue weighted by molar-refractivity contribution is 0.0642. The molecule has 0 bridgehead atoms. The molecule has 3 aromatic rings. The van der Waals surface area contributed by atoms with Crippen molar-refractivity contribution >= 4 is 38.3 Å². The van der Waals surface area contributed by atoms with Crippen molar-refractivity contribution in [1.29, 1.82) is 0 Å². The zero-order valence-electron chi connectivity index (χ0n) is 14.0. The Labute approximate surface area is 162 Å². The Kier molecular flexibility index (Phi) is 4.40. The molecular weight excluding hydrogens is 407 g/mol. The predicted octanol–water partition coefficient (Wildman–Crippen LogP) is 2.27. The molecule has 1 N–H and O–H groups in total. The van der Waals surface area contributed by atoms with Gasteiger partial charge in [0.2, 0.25) is 5.13 Å². The van der Waals surface area contributed by atoms with Crippen LogP contribution >= 0.6 is 11.3 Å². The second-order valence-electron chi connectivity index (χ2n) is 5.80. The van der Waals surface area contributed by atoms with Crippen molar-refractivity contribution in [2.45, 2.75) is 11.4 Å². The van der Waals surface area contributed by atoms with Crippen molar-refractivity contribution in [3.05, 3.63) is 70.5 Å². The van der Waals surface area contributed by atoms with Gasteiger partial charge < -0.3 is 0 Å². The summed E-state index contributed by atoms with van der Waals surface area (Å²) in [5.74, 6) is -1.44. The van der Waals surface area contributed by atoms with Crippen molar-refractivity contribution in [2.75, 3.05) is 4.72 Å². The van der Waals surface area contributed by atoms with Crippen molar-refractivity contribution in [3.63, 3.8) is 0 Å². The summed E-state index contributed by atoms with van der Waals surface area (Å²) in [4.78, 5) is 25.7. The molecule has 2 amide bonds. The summed E-state index contributed by atoms with van der Waals surface area (Å²) in [7, 11) is -3.97. The second kappa shape index (κ2) is 6.77. The number of rotatable bonds is 5. The molecule has 28 heavy (non-hydrogen) atoms. The molecular formula is C17H11FN4O4S2. The minimum Gasteiger partial charge on any atom is -0.269 e. The van der Waals surface area contributed by atoms with Crippen LogP contribution in [0.1, 0.15) is 25.7 Å². The highest BCUT2D eigenvalue weighted by Crippen LogP contribution is 2.26. The fourth-order valence-corrected chi connectivity index (χ4v) is 4.62. The lowest BCUT2D eigenvalue weighted by atomic mass is 10.1. The summed E-state index contributed by atoms with van der Waals surface area (Å²) in [6, 6.07) is 10.8. The monoisotopic (exact) mass is 418 g/mol. The number of anilines is 1. The average Bonchev–Trinajstić information content (AvgIpc) is 3.20. The molecule has 0 saturated carbocycles. The molecule has 0 saturated heterocycles. The number of hydrogen-bond acceptors (Lipinski definition) is 7. The van der Waals surface area contributed by atoms with E-state index in [1.165, 1.54) is 0 Å². The van der Waals surface area contributed by atoms with Crippen LogP contribution in [0.3, 0.4) is 0 Å². The fourth-order valence-electron chi connectivity index (χ4n) is 2.66. The molecule has 8 nitrogen and oxygen atoms in total. The molecule has 2 aromatic carbocycles. The quantitative estimate of drug-likeness (QED) is 0.637. The average molecular weight is 418 g/mol. The molecule has 1 aliphatic rings. The number of fused-ring (bicyclic) bond motifs is 1. The molecule has 4 rings (SSSR count). The van der Waals surface area contributed by atoms with E-state index in [0.717, 1.165) is 40.5 Å². The Bertz CT molecular complexity index is 1160. The summed E-state index contributed by atoms with van der Waals surface area (Å²) >= 11 is 0.895. The first kappa shape index (κ1) is 18.2. The van der Waals surface area contributed by atoms with Gasteiger partial charge in [0.1, 0.15) is 10.8 Å². The third-order valence-electron chi connectivity index (χ3n) is 3.98. The molecule has 1 aromatic heterocycles. The number of imide groups is 1. The van der Waals surface area contributed by atoms with Gasteiger partial charge in [0, 0.05) is 0 Å². The van der Waals surface area contributed by atoms with Crippen LogP contribution in [0.5, 0.6) is 0 Å². The zero-order chi connectivity index (χ0) is 19.9. The van der Waals surface area contributed by atoms with Crippen molar-refractivity contribution in [3.8, 4) is 0 Å². The molecule has 0 spiro atoms. The van der Waals surface area contributed by atoms with E-state index in [1.54, 1.807) is 24.3 Å². The minimum atomic E-state index is -3.97. The van der Waals surface area contributed by atoms with Gasteiger partial charge in [-0.2, -0.15) is 0 Å². The lowest BCUT2D eigenvalue weighted by Gasteiger charge is -2.10. The van der Waals surface area contributed by atoms with E-state index in [0.29, 0.717) is 11.1 Å². The summed E-state index contributed by atoms with van der Waals surface area (Å²) in [5.41, 5.74) is 0.628. The molecule has 0 radical (unpaired) electrons. The number of aromatic nitrogens is 2. The topological polar surface area (TPSA) is 109 Å². The van der Waals surface area contributed by atoms with E-state index in [4.69, 9.17) is 0 Å². The predicted molar refractivity (Wildman–Crippen MR) is 97.8 cm³/mol. The maximum atomic E-state index is 13.0. The molecule has 2 heterocycles. The summed E-state index contributed by atoms with van der Waals surface area (Å²) in [6.45, 7) is -0.123. The van der Waals surface area contributed by atoms with E-state index < -0.39 is 27.7 Å². The first-order valence-corrected chi connectivity index (χ1v) is 10.2. The van der Waals surface area contributed by atoms with E-state index in [-0.39, 0.29) is 21.6 Å². The Morgan fingerprint density at radius 1 is 0.964 bits per heavy atom. The summed E-state index contributed by atoms with van der Waals surface area (Å²) in [5, 5.41) is 7.83. The number of sulfonamides is 1. The Morgan fingerprint density at radius 3 is 2.18 bits per heavy atom. The number of nitrogens with one attached hydrogen (secondary N) is 1. The van der Waals surface area contributed by atoms with Gasteiger partial charge >= 0.3 is 0 Å². The van der Waals surface area contributed by atoms with Crippen molar-refractivity contribution in [2.24, 2.45) is 0 Å². The van der Waals surface area contributed by atoms with E-state index in [1.807, 2.05) is 0 Å². The van der Waals surface area contributed by atoms with Gasteiger partial charge in [0.25, 0.3) is 21.8 Å². The van der Waals surface area contributed by atoms with Crippen LogP contribution in [0, 0.1) is 5.82 Å². The number of nitrogens with zero attached hydrogens (tertiary/aromatic N) is 3. The molecule has 142 valence electrons. The van der Waals surface area contributed by atoms with Crippen LogP contribution in [-0.4, -0.2) is 35.3 Å². The lowest BCUT2D eigenvalue weighted by Crippen LogP contribution is -2.29. The highest BCUT2D eigenvalue weighted by atomic mass is 32.2. The first-order valence-electron chi connectivity index (χ1n) is 7.91. The number of amides is 2. The maximum Gasteiger partial charge on any atom is 0.263 e. The number of benzene rings is 2. The van der Waals surface area contributed by atoms with Gasteiger partial charge in [-0.15, -0.1) is 10.2 Å². The van der Waals surface area contributed by atoms with Crippen LogP contribution in [0.25, 0.3) is 0 Å². The maximum absolute atomic E-state index is 13.0. The molecule has 0 atom stereocenters. The van der Waals surface area contributed by atoms with Gasteiger partial charge in [-0.25, -0.2) is 12.8 Å². The molecule has 0 aliphatic carbocycles. The van der Waals surface area contributed by atoms with Crippen LogP contribution in [0.4, 0.5) is 9.52 Å². The Morgan fingerprint density at radius 2 is 1.57 bits per heavy atom. The normalized spacial score (nSPS) is 13.7. The van der Waals surface area contributed by atoms with Crippen LogP contribution in [0.15, 0.2) is 53.4 Å². The number of hydrogen-bond donors (Lipinski definition) is 1. The Hall–Kier alpha value is -3.18. The van der Waals surface area contributed by atoms with Crippen molar-refractivity contribution in [1.82, 2.24) is 15.1 Å². The molecule has 11 heteroatoms. The van der Waals surface area contributed by atoms with Crippen LogP contribution in [0.2, 0.25) is 0 Å². The summed E-state index contributed by atoms with van der Waals surface area (Å²) in [6.07, 6.45) is 0. The van der Waals surface area contributed by atoms with Gasteiger partial charge in [-0.05, 0) is 36.4 Å². The standard InChI is InChI=1S/C17H11FN4O4S2/c18-10-5-7-11(8-6-10)28(25,26)21-17-20-19-14(27-17)9-22-15(23)12-3-1-2-4-13(12)16(22)24/h1-8H,9H2,(H,20,21). The molecule has 0 unspecified atom stereocenters. The highest BCUT2D eigenvalue weighted by molar-refractivity contribution is 7.93. The number of carbonyl (C=O) groups is 2. The van der Waals surface area contributed by atoms with Crippen LogP contribution < -0.4 is 4.72 Å². The highest BCUT2D eigenvalue weighted by Gasteiger charge is 2.35. The largest absolute Gasteiger partial charge is 0.269 e. The van der Waals surface area contributed by atoms with E-state index in [9.17, 15) is 22.4 Å². The summed E-state index contributed by atoms with van der Waals surface area (Å²) < 4.78 is 39.8. The van der Waals surface area contributed by atoms with Crippen LogP contribution in [-0.2, 0) is 16.6 Å². The second-order valence-corrected chi connectivity index (χ2v) is 8.55. The smallest absolute Gasteiger partial charge is 0.263 e. The zero-order valence-corrected chi connectivity index (χ0v) is 15.6. The number of halogens is 1. The third-order valence-corrected chi connectivity index (χ3v) is 6.29. The SMILES string of the molecule is O=C1c2ccccc2C(=O)N1Cc1nnc(NS(=O)(=O)c2ccc(F)cc2)s1. The third kappa shape index (κ3) is 3.25. The first-order chi connectivity index (χ1) is 13.3.